The summed E-state index contributed by atoms with van der Waals surface area (Å²) < 4.78 is 0.491. The molecule has 1 heteroatoms. The van der Waals surface area contributed by atoms with Crippen molar-refractivity contribution < 1.29 is 0 Å². The van der Waals surface area contributed by atoms with Crippen LogP contribution in [0.15, 0.2) is 53.6 Å². The monoisotopic (exact) mass is 228 g/mol. The first-order valence-corrected chi connectivity index (χ1v) is 6.54. The second kappa shape index (κ2) is 3.04. The van der Waals surface area contributed by atoms with Gasteiger partial charge in [-0.15, -0.1) is 11.8 Å². The first kappa shape index (κ1) is 10.2. The lowest BCUT2D eigenvalue weighted by Gasteiger charge is -2.24. The molecule has 1 aromatic rings. The number of allylic oxidation sites excluding steroid dienone is 2. The molecule has 2 aliphatic rings. The van der Waals surface area contributed by atoms with Gasteiger partial charge in [0.25, 0.3) is 0 Å². The van der Waals surface area contributed by atoms with Crippen molar-refractivity contribution in [3.8, 4) is 0 Å². The molecule has 0 nitrogen and oxygen atoms in total. The van der Waals surface area contributed by atoms with Gasteiger partial charge in [0.2, 0.25) is 0 Å². The van der Waals surface area contributed by atoms with E-state index in [-0.39, 0.29) is 9.49 Å². The van der Waals surface area contributed by atoms with Crippen LogP contribution in [0.4, 0.5) is 0 Å². The lowest BCUT2D eigenvalue weighted by molar-refractivity contribution is 0.696. The Kier molecular flexibility index (Phi) is 1.94. The smallest absolute Gasteiger partial charge is 0.0806 e. The molecule has 0 bridgehead atoms. The molecule has 0 N–H and O–H groups in total. The van der Waals surface area contributed by atoms with E-state index in [2.05, 4.69) is 75.0 Å². The third-order valence-electron chi connectivity index (χ3n) is 3.71. The van der Waals surface area contributed by atoms with Gasteiger partial charge in [0.1, 0.15) is 0 Å². The minimum absolute atomic E-state index is 0.216. The van der Waals surface area contributed by atoms with Gasteiger partial charge in [-0.05, 0) is 26.3 Å². The molecule has 16 heavy (non-hydrogen) atoms. The zero-order valence-electron chi connectivity index (χ0n) is 9.95. The van der Waals surface area contributed by atoms with Crippen molar-refractivity contribution in [2.45, 2.75) is 30.3 Å². The first-order chi connectivity index (χ1) is 7.58. The van der Waals surface area contributed by atoms with Crippen molar-refractivity contribution in [1.29, 1.82) is 0 Å². The summed E-state index contributed by atoms with van der Waals surface area (Å²) in [6.45, 7) is 6.81. The van der Waals surface area contributed by atoms with E-state index < -0.39 is 0 Å². The fourth-order valence-electron chi connectivity index (χ4n) is 3.06. The van der Waals surface area contributed by atoms with Gasteiger partial charge >= 0.3 is 0 Å². The van der Waals surface area contributed by atoms with Crippen molar-refractivity contribution in [3.05, 3.63) is 59.2 Å². The number of fused-ring (bicyclic) bond motifs is 1. The molecule has 2 atom stereocenters. The molecular weight excluding hydrogens is 212 g/mol. The molecule has 0 radical (unpaired) electrons. The van der Waals surface area contributed by atoms with Crippen molar-refractivity contribution in [1.82, 2.24) is 0 Å². The molecule has 1 fully saturated rings. The summed E-state index contributed by atoms with van der Waals surface area (Å²) in [5.41, 5.74) is 4.34. The Morgan fingerprint density at radius 1 is 1.06 bits per heavy atom. The minimum Gasteiger partial charge on any atom is -0.131 e. The van der Waals surface area contributed by atoms with Crippen molar-refractivity contribution in [2.75, 3.05) is 0 Å². The van der Waals surface area contributed by atoms with Crippen LogP contribution in [-0.2, 0) is 4.75 Å². The third-order valence-corrected chi connectivity index (χ3v) is 5.64. The third kappa shape index (κ3) is 1.12. The molecule has 2 unspecified atom stereocenters. The number of thioether (sulfide) groups is 1. The molecule has 1 heterocycles. The lowest BCUT2D eigenvalue weighted by atomic mass is 9.77. The van der Waals surface area contributed by atoms with E-state index in [4.69, 9.17) is 0 Å². The first-order valence-electron chi connectivity index (χ1n) is 5.72. The Bertz CT molecular complexity index is 497. The highest BCUT2D eigenvalue weighted by Crippen LogP contribution is 2.75. The zero-order chi connectivity index (χ0) is 11.4. The van der Waals surface area contributed by atoms with Crippen LogP contribution in [0, 0.1) is 0 Å². The highest BCUT2D eigenvalue weighted by atomic mass is 32.2. The Balaban J connectivity index is 2.14. The number of hydrogen-bond acceptors (Lipinski definition) is 1. The fraction of sp³-hybridized carbons (Fsp3) is 0.333. The van der Waals surface area contributed by atoms with E-state index in [1.807, 2.05) is 0 Å². The summed E-state index contributed by atoms with van der Waals surface area (Å²) in [7, 11) is 0. The van der Waals surface area contributed by atoms with Gasteiger partial charge in [0.15, 0.2) is 0 Å². The van der Waals surface area contributed by atoms with E-state index in [0.717, 1.165) is 0 Å². The average molecular weight is 228 g/mol. The lowest BCUT2D eigenvalue weighted by Crippen LogP contribution is -2.23. The topological polar surface area (TPSA) is 0 Å². The van der Waals surface area contributed by atoms with Crippen molar-refractivity contribution in [3.63, 3.8) is 0 Å². The van der Waals surface area contributed by atoms with Crippen LogP contribution in [0.3, 0.4) is 0 Å². The number of benzene rings is 1. The van der Waals surface area contributed by atoms with Gasteiger partial charge in [-0.1, -0.05) is 53.6 Å². The molecule has 3 rings (SSSR count). The summed E-state index contributed by atoms with van der Waals surface area (Å²) in [4.78, 5) is 0. The van der Waals surface area contributed by atoms with Gasteiger partial charge < -0.3 is 0 Å². The van der Waals surface area contributed by atoms with Crippen LogP contribution in [-0.4, -0.2) is 4.75 Å². The van der Waals surface area contributed by atoms with Crippen molar-refractivity contribution in [2.24, 2.45) is 0 Å². The predicted octanol–water partition coefficient (Wildman–Crippen LogP) is 4.29. The van der Waals surface area contributed by atoms with Gasteiger partial charge in [-0.3, -0.25) is 0 Å². The molecule has 0 spiro atoms. The molecule has 0 amide bonds. The predicted molar refractivity (Wildman–Crippen MR) is 71.6 cm³/mol. The highest BCUT2D eigenvalue weighted by molar-refractivity contribution is 8.09. The zero-order valence-corrected chi connectivity index (χ0v) is 10.8. The maximum Gasteiger partial charge on any atom is 0.0806 e. The van der Waals surface area contributed by atoms with Crippen LogP contribution in [0.1, 0.15) is 26.3 Å². The molecule has 1 aliphatic carbocycles. The standard InChI is InChI=1S/C15H16S/c1-11-9-12(2)15(14(3,10-11)16-15)13-7-5-4-6-8-13/h4-10H,1-3H3. The Morgan fingerprint density at radius 3 is 2.38 bits per heavy atom. The largest absolute Gasteiger partial charge is 0.131 e. The van der Waals surface area contributed by atoms with Crippen LogP contribution >= 0.6 is 11.8 Å². The van der Waals surface area contributed by atoms with Gasteiger partial charge in [-0.25, -0.2) is 0 Å². The number of rotatable bonds is 1. The maximum absolute atomic E-state index is 2.41. The van der Waals surface area contributed by atoms with Crippen LogP contribution < -0.4 is 0 Å². The van der Waals surface area contributed by atoms with Crippen LogP contribution in [0.5, 0.6) is 0 Å². The molecule has 0 saturated carbocycles. The maximum atomic E-state index is 2.41. The van der Waals surface area contributed by atoms with Crippen molar-refractivity contribution >= 4 is 11.8 Å². The van der Waals surface area contributed by atoms with Crippen LogP contribution in [0.25, 0.3) is 0 Å². The summed E-state index contributed by atoms with van der Waals surface area (Å²) in [5.74, 6) is 0. The molecular formula is C15H16S. The molecule has 1 aromatic carbocycles. The SMILES string of the molecule is CC1=CC2(C)SC2(c2ccccc2)C(C)=C1. The second-order valence-corrected chi connectivity index (χ2v) is 6.64. The highest BCUT2D eigenvalue weighted by Gasteiger charge is 2.67. The average Bonchev–Trinajstić information content (AvgIpc) is 2.87. The molecule has 1 saturated heterocycles. The molecule has 0 aromatic heterocycles. The summed E-state index contributed by atoms with van der Waals surface area (Å²) in [6, 6.07) is 10.9. The van der Waals surface area contributed by atoms with E-state index in [1.54, 1.807) is 0 Å². The Morgan fingerprint density at radius 2 is 1.75 bits per heavy atom. The second-order valence-electron chi connectivity index (χ2n) is 4.97. The minimum atomic E-state index is 0.216. The molecule has 82 valence electrons. The van der Waals surface area contributed by atoms with E-state index >= 15 is 0 Å². The van der Waals surface area contributed by atoms with E-state index in [9.17, 15) is 0 Å². The van der Waals surface area contributed by atoms with Crippen LogP contribution in [0.2, 0.25) is 0 Å². The Hall–Kier alpha value is -0.950. The van der Waals surface area contributed by atoms with Gasteiger partial charge in [-0.2, -0.15) is 0 Å². The Labute approximate surface area is 101 Å². The fourth-order valence-corrected chi connectivity index (χ4v) is 4.70. The van der Waals surface area contributed by atoms with E-state index in [1.165, 1.54) is 16.7 Å². The normalized spacial score (nSPS) is 36.2. The summed E-state index contributed by atoms with van der Waals surface area (Å²) in [6.07, 6.45) is 4.74. The number of hydrogen-bond donors (Lipinski definition) is 0. The van der Waals surface area contributed by atoms with Gasteiger partial charge in [0.05, 0.1) is 9.49 Å². The molecule has 1 aliphatic heterocycles. The van der Waals surface area contributed by atoms with E-state index in [0.29, 0.717) is 0 Å². The quantitative estimate of drug-likeness (QED) is 0.646. The summed E-state index contributed by atoms with van der Waals surface area (Å²) in [5, 5.41) is 0. The summed E-state index contributed by atoms with van der Waals surface area (Å²) >= 11 is 2.07. The van der Waals surface area contributed by atoms with Gasteiger partial charge in [0, 0.05) is 0 Å².